The summed E-state index contributed by atoms with van der Waals surface area (Å²) in [4.78, 5) is 0. The minimum atomic E-state index is 1.23. The lowest BCUT2D eigenvalue weighted by molar-refractivity contribution is 0.572. The summed E-state index contributed by atoms with van der Waals surface area (Å²) < 4.78 is 4.90. The van der Waals surface area contributed by atoms with Gasteiger partial charge in [-0.25, -0.2) is 0 Å². The Bertz CT molecular complexity index is 212. The first-order chi connectivity index (χ1) is 10.9. The van der Waals surface area contributed by atoms with Crippen molar-refractivity contribution in [2.45, 2.75) is 90.9 Å². The van der Waals surface area contributed by atoms with Gasteiger partial charge in [-0.05, 0) is 12.8 Å². The zero-order valence-corrected chi connectivity index (χ0v) is 17.7. The van der Waals surface area contributed by atoms with Crippen LogP contribution in [-0.2, 0) is 0 Å². The molecule has 2 nitrogen and oxygen atoms in total. The van der Waals surface area contributed by atoms with E-state index in [-0.39, 0.29) is 0 Å². The van der Waals surface area contributed by atoms with Crippen LogP contribution in [-0.4, -0.2) is 20.5 Å². The Hall–Kier alpha value is 1.32. The van der Waals surface area contributed by atoms with Gasteiger partial charge in [-0.3, -0.25) is 0 Å². The molecule has 0 bridgehead atoms. The highest BCUT2D eigenvalue weighted by molar-refractivity contribution is 8.88. The van der Waals surface area contributed by atoms with Gasteiger partial charge in [-0.15, -0.1) is 0 Å². The lowest BCUT2D eigenvalue weighted by Gasteiger charge is -2.29. The summed E-state index contributed by atoms with van der Waals surface area (Å²) >= 11 is 0. The average molecular weight is 383 g/mol. The fraction of sp³-hybridized carbons (Fsp3) is 1.00. The van der Waals surface area contributed by atoms with E-state index in [9.17, 15) is 0 Å². The molecule has 1 saturated heterocycles. The highest BCUT2D eigenvalue weighted by Gasteiger charge is 2.20. The van der Waals surface area contributed by atoms with E-state index in [4.69, 9.17) is 0 Å². The van der Waals surface area contributed by atoms with Crippen molar-refractivity contribution in [1.82, 2.24) is 7.42 Å². The van der Waals surface area contributed by atoms with E-state index in [1.807, 2.05) is 43.9 Å². The van der Waals surface area contributed by atoms with E-state index in [1.165, 1.54) is 90.1 Å². The molecule has 0 amide bonds. The molecule has 0 aliphatic carbocycles. The van der Waals surface area contributed by atoms with Crippen LogP contribution < -0.4 is 0 Å². The maximum Gasteiger partial charge on any atom is 0.0219 e. The van der Waals surface area contributed by atoms with Gasteiger partial charge in [0.1, 0.15) is 0 Å². The molecule has 0 aromatic rings. The van der Waals surface area contributed by atoms with Crippen LogP contribution in [0.1, 0.15) is 90.9 Å². The number of nitrogens with zero attached hydrogens (tertiary/aromatic N) is 2. The quantitative estimate of drug-likeness (QED) is 0.171. The summed E-state index contributed by atoms with van der Waals surface area (Å²) in [5, 5.41) is 0. The van der Waals surface area contributed by atoms with Crippen LogP contribution >= 0.6 is 43.9 Å². The van der Waals surface area contributed by atoms with Gasteiger partial charge >= 0.3 is 0 Å². The minimum absolute atomic E-state index is 1.23. The Kier molecular flexibility index (Phi) is 15.4. The first-order valence-electron chi connectivity index (χ1n) is 9.11. The normalized spacial score (nSPS) is 17.2. The van der Waals surface area contributed by atoms with Gasteiger partial charge in [0.15, 0.2) is 0 Å². The third-order valence-corrected chi connectivity index (χ3v) is 9.90. The second-order valence-electron chi connectivity index (χ2n) is 5.95. The average Bonchev–Trinajstić information content (AvgIpc) is 2.55. The number of rotatable bonds is 14. The zero-order chi connectivity index (χ0) is 15.9. The largest absolute Gasteiger partial charge is 0.173 e. The Balaban J connectivity index is 1.88. The third kappa shape index (κ3) is 11.8. The van der Waals surface area contributed by atoms with Gasteiger partial charge in [0, 0.05) is 57.0 Å². The molecular formula is C16H34N2S4. The van der Waals surface area contributed by atoms with Crippen molar-refractivity contribution in [3.05, 3.63) is 0 Å². The molecule has 1 rings (SSSR count). The van der Waals surface area contributed by atoms with Crippen LogP contribution in [0.25, 0.3) is 0 Å². The molecule has 0 aromatic heterocycles. The molecule has 1 aliphatic rings. The molecule has 6 heteroatoms. The van der Waals surface area contributed by atoms with E-state index in [0.29, 0.717) is 0 Å². The van der Waals surface area contributed by atoms with E-state index in [1.54, 1.807) is 0 Å². The number of unbranched alkanes of at least 4 members (excludes halogenated alkanes) is 10. The van der Waals surface area contributed by atoms with Crippen LogP contribution in [0.5, 0.6) is 0 Å². The van der Waals surface area contributed by atoms with Crippen LogP contribution in [0.2, 0.25) is 0 Å². The number of hydrogen-bond acceptors (Lipinski definition) is 6. The van der Waals surface area contributed by atoms with E-state index in [2.05, 4.69) is 21.3 Å². The van der Waals surface area contributed by atoms with Crippen LogP contribution in [0.3, 0.4) is 0 Å². The summed E-state index contributed by atoms with van der Waals surface area (Å²) in [7, 11) is 7.72. The number of hydrogen-bond donors (Lipinski definition) is 0. The fourth-order valence-corrected chi connectivity index (χ4v) is 8.23. The first-order valence-corrected chi connectivity index (χ1v) is 13.2. The van der Waals surface area contributed by atoms with Crippen LogP contribution in [0, 0.1) is 0 Å². The molecular weight excluding hydrogens is 348 g/mol. The van der Waals surface area contributed by atoms with Crippen molar-refractivity contribution < 1.29 is 0 Å². The molecule has 22 heavy (non-hydrogen) atoms. The maximum atomic E-state index is 2.45. The molecule has 1 fully saturated rings. The molecule has 0 spiro atoms. The lowest BCUT2D eigenvalue weighted by Crippen LogP contribution is -2.16. The third-order valence-electron chi connectivity index (χ3n) is 3.79. The smallest absolute Gasteiger partial charge is 0.0219 e. The predicted molar refractivity (Wildman–Crippen MR) is 111 cm³/mol. The van der Waals surface area contributed by atoms with Crippen LogP contribution in [0.4, 0.5) is 0 Å². The molecule has 1 heterocycles. The summed E-state index contributed by atoms with van der Waals surface area (Å²) in [5.74, 6) is 0. The topological polar surface area (TPSA) is 6.48 Å². The molecule has 0 N–H and O–H groups in total. The van der Waals surface area contributed by atoms with Gasteiger partial charge < -0.3 is 0 Å². The Morgan fingerprint density at radius 2 is 0.773 bits per heavy atom. The standard InChI is InChI=1S/C16H34N2S4/c1-3-5-7-9-11-13-15-17-19-21-18(22-20-17)16-14-12-10-8-6-4-2/h3-16H2,1-2H3. The van der Waals surface area contributed by atoms with Gasteiger partial charge in [0.25, 0.3) is 0 Å². The van der Waals surface area contributed by atoms with Gasteiger partial charge in [-0.1, -0.05) is 78.1 Å². The van der Waals surface area contributed by atoms with Crippen molar-refractivity contribution in [2.75, 3.05) is 13.1 Å². The van der Waals surface area contributed by atoms with Crippen molar-refractivity contribution in [3.63, 3.8) is 0 Å². The fourth-order valence-electron chi connectivity index (χ4n) is 2.37. The maximum absolute atomic E-state index is 2.45. The van der Waals surface area contributed by atoms with Crippen molar-refractivity contribution in [1.29, 1.82) is 0 Å². The Morgan fingerprint density at radius 1 is 0.455 bits per heavy atom. The zero-order valence-electron chi connectivity index (χ0n) is 14.4. The van der Waals surface area contributed by atoms with E-state index in [0.717, 1.165) is 0 Å². The van der Waals surface area contributed by atoms with Crippen molar-refractivity contribution >= 4 is 43.9 Å². The lowest BCUT2D eigenvalue weighted by atomic mass is 10.1. The molecule has 132 valence electrons. The summed E-state index contributed by atoms with van der Waals surface area (Å²) in [6, 6.07) is 0. The SMILES string of the molecule is CCCCCCCCN1SSN(CCCCCCCC)SS1. The van der Waals surface area contributed by atoms with Crippen molar-refractivity contribution in [3.8, 4) is 0 Å². The molecule has 0 saturated carbocycles. The Morgan fingerprint density at radius 3 is 1.14 bits per heavy atom. The van der Waals surface area contributed by atoms with E-state index < -0.39 is 0 Å². The predicted octanol–water partition coefficient (Wildman–Crippen LogP) is 7.75. The highest BCUT2D eigenvalue weighted by Crippen LogP contribution is 2.51. The summed E-state index contributed by atoms with van der Waals surface area (Å²) in [6.07, 6.45) is 16.7. The summed E-state index contributed by atoms with van der Waals surface area (Å²) in [6.45, 7) is 7.03. The van der Waals surface area contributed by atoms with Crippen molar-refractivity contribution in [2.24, 2.45) is 0 Å². The monoisotopic (exact) mass is 382 g/mol. The Labute approximate surface area is 155 Å². The van der Waals surface area contributed by atoms with Gasteiger partial charge in [0.05, 0.1) is 0 Å². The van der Waals surface area contributed by atoms with Gasteiger partial charge in [-0.2, -0.15) is 7.42 Å². The molecule has 0 unspecified atom stereocenters. The van der Waals surface area contributed by atoms with E-state index >= 15 is 0 Å². The van der Waals surface area contributed by atoms with Crippen LogP contribution in [0.15, 0.2) is 0 Å². The minimum Gasteiger partial charge on any atom is -0.173 e. The van der Waals surface area contributed by atoms with Gasteiger partial charge in [0.2, 0.25) is 0 Å². The summed E-state index contributed by atoms with van der Waals surface area (Å²) in [5.41, 5.74) is 0. The second-order valence-corrected chi connectivity index (χ2v) is 10.6. The highest BCUT2D eigenvalue weighted by atomic mass is 33.2. The second kappa shape index (κ2) is 15.8. The first kappa shape index (κ1) is 21.4. The molecule has 0 atom stereocenters. The molecule has 0 aromatic carbocycles. The molecule has 1 aliphatic heterocycles. The molecule has 0 radical (unpaired) electrons.